The highest BCUT2D eigenvalue weighted by atomic mass is 32.2. The molecule has 0 radical (unpaired) electrons. The summed E-state index contributed by atoms with van der Waals surface area (Å²) in [5, 5.41) is 2.56. The van der Waals surface area contributed by atoms with Crippen LogP contribution >= 0.6 is 0 Å². The molecule has 1 fully saturated rings. The van der Waals surface area contributed by atoms with Gasteiger partial charge < -0.3 is 16.0 Å². The first-order chi connectivity index (χ1) is 8.20. The third kappa shape index (κ3) is 3.34. The Balaban J connectivity index is 2.64. The molecule has 3 amide bonds. The van der Waals surface area contributed by atoms with Gasteiger partial charge in [0, 0.05) is 13.1 Å². The maximum Gasteiger partial charge on any atom is 0.318 e. The quantitative estimate of drug-likeness (QED) is 0.695. The SMILES string of the molecule is CC[C@](C)(NC(=O)N1CCS(=O)(=O)CC1)C(N)=O. The number of sulfone groups is 1. The molecule has 0 aromatic carbocycles. The van der Waals surface area contributed by atoms with Crippen molar-refractivity contribution in [3.8, 4) is 0 Å². The van der Waals surface area contributed by atoms with Crippen LogP contribution in [-0.4, -0.2) is 55.4 Å². The van der Waals surface area contributed by atoms with Crippen LogP contribution in [0.15, 0.2) is 0 Å². The van der Waals surface area contributed by atoms with Gasteiger partial charge >= 0.3 is 6.03 Å². The summed E-state index contributed by atoms with van der Waals surface area (Å²) in [6.07, 6.45) is 0.375. The average Bonchev–Trinajstić information content (AvgIpc) is 2.28. The molecular formula is C10H19N3O4S. The third-order valence-corrected chi connectivity index (χ3v) is 4.87. The minimum absolute atomic E-state index is 0.0418. The van der Waals surface area contributed by atoms with E-state index in [0.29, 0.717) is 6.42 Å². The topological polar surface area (TPSA) is 110 Å². The fraction of sp³-hybridized carbons (Fsp3) is 0.800. The van der Waals surface area contributed by atoms with Gasteiger partial charge in [0.1, 0.15) is 5.54 Å². The lowest BCUT2D eigenvalue weighted by atomic mass is 9.98. The molecule has 3 N–H and O–H groups in total. The highest BCUT2D eigenvalue weighted by Gasteiger charge is 2.34. The van der Waals surface area contributed by atoms with E-state index >= 15 is 0 Å². The van der Waals surface area contributed by atoms with E-state index in [0.717, 1.165) is 0 Å². The number of primary amides is 1. The van der Waals surface area contributed by atoms with Gasteiger partial charge in [-0.2, -0.15) is 0 Å². The van der Waals surface area contributed by atoms with Gasteiger partial charge in [-0.3, -0.25) is 4.79 Å². The molecule has 0 spiro atoms. The number of carbonyl (C=O) groups excluding carboxylic acids is 2. The smallest absolute Gasteiger partial charge is 0.318 e. The Kier molecular flexibility index (Phi) is 4.20. The minimum atomic E-state index is -3.03. The third-order valence-electron chi connectivity index (χ3n) is 3.27. The van der Waals surface area contributed by atoms with Crippen molar-refractivity contribution in [3.63, 3.8) is 0 Å². The van der Waals surface area contributed by atoms with E-state index in [9.17, 15) is 18.0 Å². The minimum Gasteiger partial charge on any atom is -0.368 e. The molecule has 0 unspecified atom stereocenters. The van der Waals surface area contributed by atoms with Crippen LogP contribution in [0.25, 0.3) is 0 Å². The Hall–Kier alpha value is -1.31. The Morgan fingerprint density at radius 1 is 1.33 bits per heavy atom. The van der Waals surface area contributed by atoms with E-state index in [1.165, 1.54) is 4.90 Å². The van der Waals surface area contributed by atoms with Crippen molar-refractivity contribution < 1.29 is 18.0 Å². The summed E-state index contributed by atoms with van der Waals surface area (Å²) < 4.78 is 22.5. The summed E-state index contributed by atoms with van der Waals surface area (Å²) in [5.41, 5.74) is 4.13. The number of hydrogen-bond donors (Lipinski definition) is 2. The van der Waals surface area contributed by atoms with Crippen LogP contribution in [0.2, 0.25) is 0 Å². The zero-order valence-corrected chi connectivity index (χ0v) is 11.4. The summed E-state index contributed by atoms with van der Waals surface area (Å²) in [7, 11) is -3.03. The van der Waals surface area contributed by atoms with Gasteiger partial charge in [-0.1, -0.05) is 6.92 Å². The van der Waals surface area contributed by atoms with E-state index < -0.39 is 27.3 Å². The van der Waals surface area contributed by atoms with Gasteiger partial charge in [0.05, 0.1) is 11.5 Å². The van der Waals surface area contributed by atoms with Gasteiger partial charge in [-0.05, 0) is 13.3 Å². The standard InChI is InChI=1S/C10H19N3O4S/c1-3-10(2,8(11)14)12-9(15)13-4-6-18(16,17)7-5-13/h3-7H2,1-2H3,(H2,11,14)(H,12,15)/t10-/m0/s1. The summed E-state index contributed by atoms with van der Waals surface area (Å²) in [6.45, 7) is 3.58. The van der Waals surface area contributed by atoms with E-state index in [-0.39, 0.29) is 24.6 Å². The van der Waals surface area contributed by atoms with Crippen LogP contribution in [0.3, 0.4) is 0 Å². The zero-order chi connectivity index (χ0) is 14.0. The van der Waals surface area contributed by atoms with Crippen LogP contribution in [0.4, 0.5) is 4.79 Å². The highest BCUT2D eigenvalue weighted by molar-refractivity contribution is 7.91. The number of carbonyl (C=O) groups is 2. The van der Waals surface area contributed by atoms with Gasteiger partial charge in [0.2, 0.25) is 5.91 Å². The molecule has 1 aliphatic heterocycles. The van der Waals surface area contributed by atoms with Gasteiger partial charge in [-0.25, -0.2) is 13.2 Å². The second kappa shape index (κ2) is 5.13. The van der Waals surface area contributed by atoms with Gasteiger partial charge in [0.15, 0.2) is 9.84 Å². The van der Waals surface area contributed by atoms with Crippen LogP contribution in [-0.2, 0) is 14.6 Å². The van der Waals surface area contributed by atoms with Crippen LogP contribution in [0.1, 0.15) is 20.3 Å². The molecule has 18 heavy (non-hydrogen) atoms. The second-order valence-electron chi connectivity index (χ2n) is 4.62. The van der Waals surface area contributed by atoms with E-state index in [2.05, 4.69) is 5.32 Å². The lowest BCUT2D eigenvalue weighted by Gasteiger charge is -2.32. The van der Waals surface area contributed by atoms with Crippen molar-refractivity contribution in [3.05, 3.63) is 0 Å². The first-order valence-electron chi connectivity index (χ1n) is 5.77. The maximum absolute atomic E-state index is 11.9. The van der Waals surface area contributed by atoms with E-state index in [1.807, 2.05) is 0 Å². The van der Waals surface area contributed by atoms with Crippen molar-refractivity contribution in [1.82, 2.24) is 10.2 Å². The molecule has 104 valence electrons. The monoisotopic (exact) mass is 277 g/mol. The average molecular weight is 277 g/mol. The van der Waals surface area contributed by atoms with Crippen LogP contribution in [0, 0.1) is 0 Å². The normalized spacial score (nSPS) is 22.0. The largest absolute Gasteiger partial charge is 0.368 e. The Labute approximate surface area is 107 Å². The second-order valence-corrected chi connectivity index (χ2v) is 6.92. The maximum atomic E-state index is 11.9. The number of urea groups is 1. The van der Waals surface area contributed by atoms with E-state index in [1.54, 1.807) is 13.8 Å². The lowest BCUT2D eigenvalue weighted by molar-refractivity contribution is -0.123. The van der Waals surface area contributed by atoms with Crippen LogP contribution < -0.4 is 11.1 Å². The molecule has 0 aromatic rings. The molecule has 7 nitrogen and oxygen atoms in total. The predicted molar refractivity (Wildman–Crippen MR) is 66.6 cm³/mol. The van der Waals surface area contributed by atoms with Crippen molar-refractivity contribution in [2.45, 2.75) is 25.8 Å². The number of nitrogens with one attached hydrogen (secondary N) is 1. The highest BCUT2D eigenvalue weighted by Crippen LogP contribution is 2.10. The number of nitrogens with two attached hydrogens (primary N) is 1. The number of hydrogen-bond acceptors (Lipinski definition) is 4. The fourth-order valence-corrected chi connectivity index (χ4v) is 2.76. The predicted octanol–water partition coefficient (Wildman–Crippen LogP) is -0.920. The summed E-state index contributed by atoms with van der Waals surface area (Å²) >= 11 is 0. The lowest BCUT2D eigenvalue weighted by Crippen LogP contribution is -2.59. The van der Waals surface area contributed by atoms with Crippen molar-refractivity contribution in [2.24, 2.45) is 5.73 Å². The summed E-state index contributed by atoms with van der Waals surface area (Å²) in [4.78, 5) is 24.6. The molecule has 1 atom stereocenters. The molecule has 1 aliphatic rings. The Morgan fingerprint density at radius 3 is 2.22 bits per heavy atom. The molecule has 0 aliphatic carbocycles. The Bertz CT molecular complexity index is 434. The molecular weight excluding hydrogens is 258 g/mol. The van der Waals surface area contributed by atoms with Gasteiger partial charge in [0.25, 0.3) is 0 Å². The molecule has 1 saturated heterocycles. The first kappa shape index (κ1) is 14.7. The molecule has 0 bridgehead atoms. The summed E-state index contributed by atoms with van der Waals surface area (Å²) in [6, 6.07) is -0.451. The van der Waals surface area contributed by atoms with E-state index in [4.69, 9.17) is 5.73 Å². The molecule has 0 aromatic heterocycles. The number of nitrogens with zero attached hydrogens (tertiary/aromatic N) is 1. The fourth-order valence-electron chi connectivity index (χ4n) is 1.55. The zero-order valence-electron chi connectivity index (χ0n) is 10.6. The summed E-state index contributed by atoms with van der Waals surface area (Å²) in [5.74, 6) is -0.692. The molecule has 1 heterocycles. The van der Waals surface area contributed by atoms with Crippen LogP contribution in [0.5, 0.6) is 0 Å². The first-order valence-corrected chi connectivity index (χ1v) is 7.60. The molecule has 8 heteroatoms. The molecule has 1 rings (SSSR count). The number of rotatable bonds is 3. The van der Waals surface area contributed by atoms with Crippen molar-refractivity contribution in [1.29, 1.82) is 0 Å². The number of amides is 3. The molecule has 0 saturated carbocycles. The Morgan fingerprint density at radius 2 is 1.83 bits per heavy atom. The van der Waals surface area contributed by atoms with Crippen molar-refractivity contribution >= 4 is 21.8 Å². The van der Waals surface area contributed by atoms with Crippen molar-refractivity contribution in [2.75, 3.05) is 24.6 Å². The van der Waals surface area contributed by atoms with Gasteiger partial charge in [-0.15, -0.1) is 0 Å².